The van der Waals surface area contributed by atoms with Crippen LogP contribution in [0.4, 0.5) is 34.1 Å². The van der Waals surface area contributed by atoms with Crippen molar-refractivity contribution in [2.45, 2.75) is 6.92 Å². The van der Waals surface area contributed by atoms with E-state index in [-0.39, 0.29) is 0 Å². The van der Waals surface area contributed by atoms with Gasteiger partial charge in [-0.2, -0.15) is 0 Å². The molecule has 0 saturated heterocycles. The normalized spacial score (nSPS) is 12.2. The van der Waals surface area contributed by atoms with Crippen LogP contribution in [0.3, 0.4) is 0 Å². The number of hydrogen-bond donors (Lipinski definition) is 0. The van der Waals surface area contributed by atoms with E-state index >= 15 is 0 Å². The Balaban J connectivity index is 0.000000242. The molecule has 0 amide bonds. The molecule has 0 saturated carbocycles. The van der Waals surface area contributed by atoms with E-state index in [1.165, 1.54) is 37.9 Å². The van der Waals surface area contributed by atoms with Crippen molar-refractivity contribution in [1.29, 1.82) is 0 Å². The van der Waals surface area contributed by atoms with Gasteiger partial charge in [0.05, 0.1) is 34.1 Å². The summed E-state index contributed by atoms with van der Waals surface area (Å²) in [6.45, 7) is 2.15. The Kier molecular flexibility index (Phi) is 11.5. The highest BCUT2D eigenvalue weighted by Gasteiger charge is 2.30. The van der Waals surface area contributed by atoms with Crippen molar-refractivity contribution in [2.75, 3.05) is 9.80 Å². The van der Waals surface area contributed by atoms with Gasteiger partial charge in [0.1, 0.15) is 34.2 Å². The first kappa shape index (κ1) is 52.1. The average Bonchev–Trinajstić information content (AvgIpc) is 0.824. The number of fused-ring (bicyclic) bond motifs is 6. The summed E-state index contributed by atoms with van der Waals surface area (Å²) in [5.74, 6) is 3.38. The quantitative estimate of drug-likeness (QED) is 0.141. The number of furan rings is 2. The lowest BCUT2D eigenvalue weighted by Gasteiger charge is -2.31. The van der Waals surface area contributed by atoms with Gasteiger partial charge in [0.25, 0.3) is 0 Å². The third kappa shape index (κ3) is 7.94. The van der Waals surface area contributed by atoms with Crippen LogP contribution < -0.4 is 19.3 Å². The lowest BCUT2D eigenvalue weighted by molar-refractivity contribution is 0.492. The van der Waals surface area contributed by atoms with Gasteiger partial charge in [-0.15, -0.1) is 0 Å². The summed E-state index contributed by atoms with van der Waals surface area (Å²) in [6.07, 6.45) is 0. The van der Waals surface area contributed by atoms with Crippen molar-refractivity contribution in [1.82, 2.24) is 0 Å². The van der Waals surface area contributed by atoms with E-state index in [0.717, 1.165) is 156 Å². The Hall–Kier alpha value is -11.8. The van der Waals surface area contributed by atoms with Crippen molar-refractivity contribution in [3.05, 3.63) is 302 Å². The number of nitrogens with zero attached hydrogens (tertiary/aromatic N) is 2. The topological polar surface area (TPSA) is 51.2 Å². The van der Waals surface area contributed by atoms with E-state index in [9.17, 15) is 0 Å². The molecule has 0 radical (unpaired) electrons. The van der Waals surface area contributed by atoms with Gasteiger partial charge < -0.3 is 28.1 Å². The summed E-state index contributed by atoms with van der Waals surface area (Å²) in [5, 5.41) is 18.9. The molecule has 2 aliphatic rings. The largest absolute Gasteiger partial charge is 0.456 e. The molecule has 2 aliphatic heterocycles. The molecule has 7 heteroatoms. The second-order valence-corrected chi connectivity index (χ2v) is 24.4. The highest BCUT2D eigenvalue weighted by atomic mass is 35.5. The minimum Gasteiger partial charge on any atom is -0.456 e. The fourth-order valence-corrected chi connectivity index (χ4v) is 15.0. The summed E-state index contributed by atoms with van der Waals surface area (Å²) in [7, 11) is 0. The molecule has 432 valence electrons. The van der Waals surface area contributed by atoms with Gasteiger partial charge in [0.15, 0.2) is 11.2 Å². The van der Waals surface area contributed by atoms with Gasteiger partial charge >= 0.3 is 0 Å². The molecule has 16 aromatic carbocycles. The number of aryl methyl sites for hydroxylation is 1. The maximum atomic E-state index is 7.26. The Bertz CT molecular complexity index is 6130. The van der Waals surface area contributed by atoms with Crippen LogP contribution in [0.1, 0.15) is 5.56 Å². The monoisotopic (exact) mass is 1200 g/mol. The van der Waals surface area contributed by atoms with Gasteiger partial charge in [0.2, 0.25) is 0 Å². The lowest BCUT2D eigenvalue weighted by Crippen LogP contribution is -2.13. The van der Waals surface area contributed by atoms with Crippen LogP contribution >= 0.6 is 11.6 Å². The van der Waals surface area contributed by atoms with Crippen molar-refractivity contribution in [2.24, 2.45) is 0 Å². The van der Waals surface area contributed by atoms with Crippen molar-refractivity contribution >= 4 is 154 Å². The average molecular weight is 1200 g/mol. The summed E-state index contributed by atoms with van der Waals surface area (Å²) in [4.78, 5) is 4.74. The molecule has 0 N–H and O–H groups in total. The third-order valence-electron chi connectivity index (χ3n) is 18.7. The van der Waals surface area contributed by atoms with Gasteiger partial charge in [-0.05, 0) is 117 Å². The van der Waals surface area contributed by atoms with Crippen LogP contribution in [0.15, 0.2) is 300 Å². The van der Waals surface area contributed by atoms with Crippen LogP contribution in [0.25, 0.3) is 131 Å². The number of anilines is 6. The SMILES string of the molecule is Cc1cc2ccc3cc(Cl)cc4c3c2c2c(cccc12)O4.c1ccc(-c2ccccc2N(c2cc3c4c(ccc5cc(N(c6ccccc6-c6ccccc6)c6cccc7c6oc6ccccc67)c6cccc(c6c54)O3)c2)c2cccc3c2oc2ccccc23)cc1. The number of rotatable bonds is 8. The highest BCUT2D eigenvalue weighted by Crippen LogP contribution is 2.56. The van der Waals surface area contributed by atoms with Crippen molar-refractivity contribution in [3.63, 3.8) is 0 Å². The molecule has 18 aromatic rings. The van der Waals surface area contributed by atoms with E-state index in [2.05, 4.69) is 265 Å². The van der Waals surface area contributed by atoms with E-state index in [0.29, 0.717) is 5.02 Å². The van der Waals surface area contributed by atoms with Crippen LogP contribution in [0.5, 0.6) is 23.0 Å². The molecule has 0 unspecified atom stereocenters. The minimum atomic E-state index is 0.708. The zero-order valence-corrected chi connectivity index (χ0v) is 50.4. The molecule has 2 aromatic heterocycles. The molecular weight excluding hydrogens is 1150 g/mol. The minimum absolute atomic E-state index is 0.708. The maximum absolute atomic E-state index is 7.26. The number of hydrogen-bond acceptors (Lipinski definition) is 6. The van der Waals surface area contributed by atoms with Gasteiger partial charge in [0, 0.05) is 87.5 Å². The predicted molar refractivity (Wildman–Crippen MR) is 383 cm³/mol. The molecule has 6 nitrogen and oxygen atoms in total. The summed E-state index contributed by atoms with van der Waals surface area (Å²) >= 11 is 6.22. The van der Waals surface area contributed by atoms with Gasteiger partial charge in [-0.3, -0.25) is 0 Å². The van der Waals surface area contributed by atoms with Crippen molar-refractivity contribution in [3.8, 4) is 45.3 Å². The second kappa shape index (κ2) is 20.4. The van der Waals surface area contributed by atoms with Crippen LogP contribution in [0, 0.1) is 6.92 Å². The summed E-state index contributed by atoms with van der Waals surface area (Å²) in [5.41, 5.74) is 15.0. The smallest absolute Gasteiger partial charge is 0.159 e. The first-order valence-electron chi connectivity index (χ1n) is 31.1. The fourth-order valence-electron chi connectivity index (χ4n) is 14.8. The van der Waals surface area contributed by atoms with Crippen LogP contribution in [-0.2, 0) is 0 Å². The predicted octanol–water partition coefficient (Wildman–Crippen LogP) is 25.5. The standard InChI is InChI=1S/C66H40N2O3.C19H11ClO/c1-3-18-41(19-4-1)46-22-7-11-29-53(46)67(55-31-15-26-50-48-24-9-13-33-58(48)70-65(50)55)45-38-43-36-37-44-39-57(52-28-17-35-60-64(52)63(44)62(43)61(40-45)69-60)68(54-30-12-8-23-47(54)42-20-5-2-6-21-42)56-32-16-27-51-49-25-10-14-34-59(49)71-66(51)56;1-10-7-11-5-6-12-8-13(20)9-16-17(12)18(11)19-14(10)3-2-4-15(19)21-16/h1-40H;2-9H,1H3. The highest BCUT2D eigenvalue weighted by molar-refractivity contribution is 6.34. The Labute approximate surface area is 533 Å². The Morgan fingerprint density at radius 3 is 1.33 bits per heavy atom. The van der Waals surface area contributed by atoms with Crippen LogP contribution in [0.2, 0.25) is 5.02 Å². The molecule has 0 fully saturated rings. The molecule has 4 heterocycles. The molecule has 92 heavy (non-hydrogen) atoms. The molecular formula is C85H51ClN2O4. The number of para-hydroxylation sites is 6. The van der Waals surface area contributed by atoms with E-state index in [1.807, 2.05) is 42.5 Å². The van der Waals surface area contributed by atoms with E-state index in [1.54, 1.807) is 0 Å². The van der Waals surface area contributed by atoms with Crippen LogP contribution in [-0.4, -0.2) is 0 Å². The number of ether oxygens (including phenoxy) is 2. The molecule has 0 bridgehead atoms. The zero-order valence-electron chi connectivity index (χ0n) is 49.6. The van der Waals surface area contributed by atoms with Gasteiger partial charge in [-0.25, -0.2) is 0 Å². The van der Waals surface area contributed by atoms with E-state index < -0.39 is 0 Å². The third-order valence-corrected chi connectivity index (χ3v) is 19.0. The lowest BCUT2D eigenvalue weighted by atomic mass is 9.91. The van der Waals surface area contributed by atoms with E-state index in [4.69, 9.17) is 29.9 Å². The Morgan fingerprint density at radius 2 is 0.717 bits per heavy atom. The first-order valence-corrected chi connectivity index (χ1v) is 31.4. The molecule has 0 atom stereocenters. The zero-order chi connectivity index (χ0) is 60.7. The number of benzene rings is 16. The Morgan fingerprint density at radius 1 is 0.283 bits per heavy atom. The number of halogens is 1. The molecule has 0 aliphatic carbocycles. The molecule has 20 rings (SSSR count). The summed E-state index contributed by atoms with van der Waals surface area (Å²) < 4.78 is 27.0. The molecule has 0 spiro atoms. The maximum Gasteiger partial charge on any atom is 0.159 e. The fraction of sp³-hybridized carbons (Fsp3) is 0.0118. The van der Waals surface area contributed by atoms with Gasteiger partial charge in [-0.1, -0.05) is 224 Å². The summed E-state index contributed by atoms with van der Waals surface area (Å²) in [6, 6.07) is 103. The van der Waals surface area contributed by atoms with Crippen molar-refractivity contribution < 1.29 is 18.3 Å². The first-order chi connectivity index (χ1) is 45.5. The second-order valence-electron chi connectivity index (χ2n) is 24.0.